The second-order valence-corrected chi connectivity index (χ2v) is 18.5. The molecule has 0 aromatic heterocycles. The Bertz CT molecular complexity index is 2060. The molecule has 2 aromatic rings. The van der Waals surface area contributed by atoms with E-state index in [4.69, 9.17) is 5.11 Å². The van der Waals surface area contributed by atoms with Gasteiger partial charge < -0.3 is 10.0 Å². The monoisotopic (exact) mass is 744 g/mol. The van der Waals surface area contributed by atoms with Gasteiger partial charge in [-0.3, -0.25) is 13.9 Å². The molecule has 0 fully saturated rings. The van der Waals surface area contributed by atoms with Gasteiger partial charge in [0.1, 0.15) is 7.05 Å². The first-order chi connectivity index (χ1) is 23.2. The first-order valence-corrected chi connectivity index (χ1v) is 20.4. The summed E-state index contributed by atoms with van der Waals surface area (Å²) in [6, 6.07) is 10.9. The van der Waals surface area contributed by atoms with Gasteiger partial charge in [-0.25, -0.2) is 4.31 Å². The predicted octanol–water partition coefficient (Wildman–Crippen LogP) is 6.35. The maximum Gasteiger partial charge on any atom is 0.303 e. The Labute approximate surface area is 299 Å². The van der Waals surface area contributed by atoms with Gasteiger partial charge in [-0.1, -0.05) is 19.9 Å². The van der Waals surface area contributed by atoms with Crippen LogP contribution in [0.15, 0.2) is 81.3 Å². The molecule has 3 aliphatic rings. The predicted molar refractivity (Wildman–Crippen MR) is 197 cm³/mol. The Morgan fingerprint density at radius 1 is 0.980 bits per heavy atom. The molecule has 5 rings (SSSR count). The highest BCUT2D eigenvalue weighted by molar-refractivity contribution is 7.97. The van der Waals surface area contributed by atoms with E-state index in [-0.39, 0.29) is 29.7 Å². The van der Waals surface area contributed by atoms with Gasteiger partial charge in [0.2, 0.25) is 5.69 Å². The van der Waals surface area contributed by atoms with Crippen LogP contribution in [0, 0.1) is 0 Å². The van der Waals surface area contributed by atoms with E-state index >= 15 is 0 Å². The SMILES string of the molecule is CN(CCCC(=O)O)Sc1ccc2c(c1)C(C)(C)C(C=C1C=C(C=C3N(CCCS(=O)(=O)O)c4ccc(S(=O)(=O)O)cc4C3(C)C)CC1)=[N+]2C. The molecule has 3 N–H and O–H groups in total. The number of carbonyl (C=O) groups is 1. The zero-order valence-corrected chi connectivity index (χ0v) is 31.8. The van der Waals surface area contributed by atoms with Crippen LogP contribution in [0.4, 0.5) is 11.4 Å². The van der Waals surface area contributed by atoms with Gasteiger partial charge in [-0.15, -0.1) is 0 Å². The number of anilines is 1. The van der Waals surface area contributed by atoms with Crippen LogP contribution in [0.5, 0.6) is 0 Å². The van der Waals surface area contributed by atoms with Crippen LogP contribution in [0.3, 0.4) is 0 Å². The van der Waals surface area contributed by atoms with E-state index in [0.717, 1.165) is 40.4 Å². The summed E-state index contributed by atoms with van der Waals surface area (Å²) in [5, 5.41) is 8.96. The molecule has 0 saturated carbocycles. The molecule has 0 atom stereocenters. The summed E-state index contributed by atoms with van der Waals surface area (Å²) in [5.74, 6) is -1.19. The zero-order valence-electron chi connectivity index (χ0n) is 29.3. The van der Waals surface area contributed by atoms with E-state index in [1.54, 1.807) is 18.0 Å². The summed E-state index contributed by atoms with van der Waals surface area (Å²) >= 11 is 1.61. The highest BCUT2D eigenvalue weighted by Gasteiger charge is 2.44. The Kier molecular flexibility index (Phi) is 10.7. The van der Waals surface area contributed by atoms with Gasteiger partial charge in [-0.05, 0) is 112 Å². The minimum atomic E-state index is -4.43. The van der Waals surface area contributed by atoms with Crippen molar-refractivity contribution in [2.75, 3.05) is 37.8 Å². The summed E-state index contributed by atoms with van der Waals surface area (Å²) in [6.07, 6.45) is 9.04. The normalized spacial score (nSPS) is 19.9. The van der Waals surface area contributed by atoms with Gasteiger partial charge in [0.15, 0.2) is 5.71 Å². The van der Waals surface area contributed by atoms with Crippen LogP contribution in [0.1, 0.15) is 70.9 Å². The molecule has 0 spiro atoms. The van der Waals surface area contributed by atoms with E-state index < -0.39 is 37.4 Å². The number of rotatable bonds is 13. The van der Waals surface area contributed by atoms with Crippen molar-refractivity contribution >= 4 is 55.2 Å². The lowest BCUT2D eigenvalue weighted by Crippen LogP contribution is -2.28. The fraction of sp³-hybridized carbons (Fsp3) is 0.444. The topological polar surface area (TPSA) is 156 Å². The standard InChI is InChI=1S/C36H45N3O8S3/c1-35(2)28-22-26(48-37(5)16-7-9-34(40)41)12-14-30(28)38(6)32(35)20-24-10-11-25(19-24)21-33-36(3,4)29-23-27(50(45,46)47)13-15-31(29)39(33)17-8-18-49(42,43)44/h12-15,19-23H,7-11,16-18H2,1-6H3,(H2-,40,41,42,43,44,45,46,47)/p+1. The number of benzene rings is 2. The van der Waals surface area contributed by atoms with Crippen molar-refractivity contribution in [2.24, 2.45) is 0 Å². The Hall–Kier alpha value is -3.27. The molecular formula is C36H46N3O8S3+. The van der Waals surface area contributed by atoms with E-state index in [2.05, 4.69) is 66.2 Å². The molecule has 14 heteroatoms. The zero-order chi connectivity index (χ0) is 36.8. The first kappa shape index (κ1) is 38.0. The fourth-order valence-electron chi connectivity index (χ4n) is 7.18. The van der Waals surface area contributed by atoms with Crippen LogP contribution >= 0.6 is 11.9 Å². The number of fused-ring (bicyclic) bond motifs is 2. The highest BCUT2D eigenvalue weighted by Crippen LogP contribution is 2.49. The second-order valence-electron chi connectivity index (χ2n) is 14.2. The molecule has 1 aliphatic carbocycles. The lowest BCUT2D eigenvalue weighted by molar-refractivity contribution is -0.401. The smallest absolute Gasteiger partial charge is 0.303 e. The lowest BCUT2D eigenvalue weighted by atomic mass is 9.81. The summed E-state index contributed by atoms with van der Waals surface area (Å²) in [6.45, 7) is 9.35. The van der Waals surface area contributed by atoms with Gasteiger partial charge >= 0.3 is 5.97 Å². The highest BCUT2D eigenvalue weighted by atomic mass is 32.2. The van der Waals surface area contributed by atoms with Crippen molar-refractivity contribution in [3.8, 4) is 0 Å². The van der Waals surface area contributed by atoms with Crippen molar-refractivity contribution in [3.63, 3.8) is 0 Å². The minimum Gasteiger partial charge on any atom is -0.481 e. The van der Waals surface area contributed by atoms with Crippen molar-refractivity contribution in [1.29, 1.82) is 0 Å². The average molecular weight is 745 g/mol. The third kappa shape index (κ3) is 8.11. The second kappa shape index (κ2) is 14.0. The molecular weight excluding hydrogens is 699 g/mol. The Morgan fingerprint density at radius 2 is 1.70 bits per heavy atom. The minimum absolute atomic E-state index is 0.145. The van der Waals surface area contributed by atoms with E-state index in [1.807, 2.05) is 25.8 Å². The summed E-state index contributed by atoms with van der Waals surface area (Å²) in [7, 11) is -4.54. The number of aliphatic carboxylic acids is 1. The van der Waals surface area contributed by atoms with Gasteiger partial charge in [0.05, 0.1) is 16.1 Å². The molecule has 270 valence electrons. The molecule has 2 aromatic carbocycles. The lowest BCUT2D eigenvalue weighted by Gasteiger charge is -2.27. The third-order valence-electron chi connectivity index (χ3n) is 9.79. The molecule has 2 aliphatic heterocycles. The van der Waals surface area contributed by atoms with Crippen molar-refractivity contribution in [2.45, 2.75) is 80.4 Å². The average Bonchev–Trinajstić information content (AvgIpc) is 3.59. The molecule has 11 nitrogen and oxygen atoms in total. The van der Waals surface area contributed by atoms with Crippen LogP contribution < -0.4 is 4.90 Å². The van der Waals surface area contributed by atoms with Crippen molar-refractivity contribution < 1.29 is 40.4 Å². The maximum atomic E-state index is 12.0. The quantitative estimate of drug-likeness (QED) is 0.119. The largest absolute Gasteiger partial charge is 0.481 e. The third-order valence-corrected chi connectivity index (χ3v) is 12.4. The van der Waals surface area contributed by atoms with E-state index in [0.29, 0.717) is 18.5 Å². The van der Waals surface area contributed by atoms with Crippen LogP contribution in [-0.2, 0) is 35.9 Å². The summed E-state index contributed by atoms with van der Waals surface area (Å²) in [5.41, 5.74) is 7.16. The molecule has 0 saturated heterocycles. The summed E-state index contributed by atoms with van der Waals surface area (Å²) in [4.78, 5) is 13.8. The van der Waals surface area contributed by atoms with Crippen molar-refractivity contribution in [1.82, 2.24) is 4.31 Å². The number of nitrogens with zero attached hydrogens (tertiary/aromatic N) is 3. The number of hydrogen-bond donors (Lipinski definition) is 3. The maximum absolute atomic E-state index is 12.0. The van der Waals surface area contributed by atoms with Crippen LogP contribution in [-0.4, -0.2) is 84.5 Å². The molecule has 0 amide bonds. The number of allylic oxidation sites excluding steroid dienone is 6. The van der Waals surface area contributed by atoms with Crippen LogP contribution in [0.25, 0.3) is 0 Å². The molecule has 2 heterocycles. The molecule has 50 heavy (non-hydrogen) atoms. The Morgan fingerprint density at radius 3 is 2.36 bits per heavy atom. The number of carboxylic acid groups (broad SMARTS) is 1. The Balaban J connectivity index is 1.42. The molecule has 0 radical (unpaired) electrons. The van der Waals surface area contributed by atoms with Gasteiger partial charge in [0.25, 0.3) is 20.2 Å². The fourth-order valence-corrected chi connectivity index (χ4v) is 9.06. The molecule has 0 bridgehead atoms. The van der Waals surface area contributed by atoms with Crippen molar-refractivity contribution in [3.05, 3.63) is 82.6 Å². The first-order valence-electron chi connectivity index (χ1n) is 16.5. The van der Waals surface area contributed by atoms with Crippen LogP contribution in [0.2, 0.25) is 0 Å². The van der Waals surface area contributed by atoms with Gasteiger partial charge in [0, 0.05) is 58.9 Å². The van der Waals surface area contributed by atoms with Gasteiger partial charge in [-0.2, -0.15) is 21.4 Å². The van der Waals surface area contributed by atoms with E-state index in [1.165, 1.54) is 29.0 Å². The van der Waals surface area contributed by atoms with E-state index in [9.17, 15) is 30.7 Å². The summed E-state index contributed by atoms with van der Waals surface area (Å²) < 4.78 is 70.4. The number of carboxylic acids is 1. The molecule has 0 unspecified atom stereocenters. The number of hydrogen-bond acceptors (Lipinski definition) is 8.